The predicted molar refractivity (Wildman–Crippen MR) is 64.7 cm³/mol. The fourth-order valence-corrected chi connectivity index (χ4v) is 1.68. The van der Waals surface area contributed by atoms with Gasteiger partial charge in [0.05, 0.1) is 18.9 Å². The molecular weight excluding hydrogens is 220 g/mol. The van der Waals surface area contributed by atoms with E-state index in [1.165, 1.54) is 0 Å². The van der Waals surface area contributed by atoms with E-state index < -0.39 is 0 Å². The maximum atomic E-state index is 9.18. The van der Waals surface area contributed by atoms with Crippen LogP contribution >= 0.6 is 0 Å². The molecule has 1 heterocycles. The minimum atomic E-state index is -0.0628. The number of aliphatic hydroxyl groups excluding tert-OH is 1. The number of hydrogen-bond acceptors (Lipinski definition) is 5. The summed E-state index contributed by atoms with van der Waals surface area (Å²) in [7, 11) is 5.76. The Bertz CT molecular complexity index is 325. The Kier molecular flexibility index (Phi) is 6.10. The SMILES string of the molecule is COCCc1c(CO)nnn1CCCN(C)C. The summed E-state index contributed by atoms with van der Waals surface area (Å²) in [5, 5.41) is 17.2. The molecule has 1 N–H and O–H groups in total. The van der Waals surface area contributed by atoms with Crippen molar-refractivity contribution in [2.45, 2.75) is 26.0 Å². The van der Waals surface area contributed by atoms with Gasteiger partial charge in [-0.2, -0.15) is 0 Å². The molecule has 0 atom stereocenters. The first kappa shape index (κ1) is 14.1. The van der Waals surface area contributed by atoms with Crippen LogP contribution in [0.3, 0.4) is 0 Å². The number of nitrogens with zero attached hydrogens (tertiary/aromatic N) is 4. The molecular formula is C11H22N4O2. The first-order valence-corrected chi connectivity index (χ1v) is 5.84. The number of aromatic nitrogens is 3. The molecule has 0 aliphatic rings. The summed E-state index contributed by atoms with van der Waals surface area (Å²) < 4.78 is 6.92. The number of ether oxygens (including phenoxy) is 1. The van der Waals surface area contributed by atoms with E-state index in [2.05, 4.69) is 15.2 Å². The minimum Gasteiger partial charge on any atom is -0.390 e. The molecule has 1 aromatic heterocycles. The van der Waals surface area contributed by atoms with Crippen LogP contribution < -0.4 is 0 Å². The third-order valence-corrected chi connectivity index (χ3v) is 2.59. The van der Waals surface area contributed by atoms with Crippen LogP contribution in [0.4, 0.5) is 0 Å². The highest BCUT2D eigenvalue weighted by molar-refractivity contribution is 5.09. The van der Waals surface area contributed by atoms with Crippen LogP contribution in [0.25, 0.3) is 0 Å². The third-order valence-electron chi connectivity index (χ3n) is 2.59. The highest BCUT2D eigenvalue weighted by Crippen LogP contribution is 2.07. The van der Waals surface area contributed by atoms with Gasteiger partial charge in [0.15, 0.2) is 0 Å². The van der Waals surface area contributed by atoms with Crippen LogP contribution in [-0.4, -0.2) is 59.4 Å². The summed E-state index contributed by atoms with van der Waals surface area (Å²) in [4.78, 5) is 2.14. The maximum Gasteiger partial charge on any atom is 0.111 e. The maximum absolute atomic E-state index is 9.18. The average Bonchev–Trinajstić information content (AvgIpc) is 2.68. The van der Waals surface area contributed by atoms with Gasteiger partial charge in [-0.1, -0.05) is 5.21 Å². The topological polar surface area (TPSA) is 63.4 Å². The molecule has 1 rings (SSSR count). The molecule has 0 fully saturated rings. The monoisotopic (exact) mass is 242 g/mol. The normalized spacial score (nSPS) is 11.4. The zero-order valence-corrected chi connectivity index (χ0v) is 10.9. The zero-order chi connectivity index (χ0) is 12.7. The molecule has 0 bridgehead atoms. The first-order valence-electron chi connectivity index (χ1n) is 5.84. The van der Waals surface area contributed by atoms with E-state index >= 15 is 0 Å². The van der Waals surface area contributed by atoms with Gasteiger partial charge in [-0.25, -0.2) is 4.68 Å². The van der Waals surface area contributed by atoms with E-state index in [9.17, 15) is 5.11 Å². The van der Waals surface area contributed by atoms with Gasteiger partial charge in [-0.05, 0) is 27.1 Å². The Morgan fingerprint density at radius 3 is 2.76 bits per heavy atom. The summed E-state index contributed by atoms with van der Waals surface area (Å²) in [6.45, 7) is 2.39. The van der Waals surface area contributed by atoms with Crippen molar-refractivity contribution in [3.63, 3.8) is 0 Å². The van der Waals surface area contributed by atoms with E-state index in [0.717, 1.165) is 31.6 Å². The molecule has 0 saturated heterocycles. The minimum absolute atomic E-state index is 0.0628. The second-order valence-electron chi connectivity index (χ2n) is 4.26. The van der Waals surface area contributed by atoms with Crippen molar-refractivity contribution >= 4 is 0 Å². The molecule has 0 aliphatic carbocycles. The highest BCUT2D eigenvalue weighted by Gasteiger charge is 2.11. The van der Waals surface area contributed by atoms with Crippen molar-refractivity contribution in [2.24, 2.45) is 0 Å². The van der Waals surface area contributed by atoms with Gasteiger partial charge in [0.2, 0.25) is 0 Å². The summed E-state index contributed by atoms with van der Waals surface area (Å²) >= 11 is 0. The van der Waals surface area contributed by atoms with Crippen molar-refractivity contribution in [1.82, 2.24) is 19.9 Å². The number of hydrogen-bond donors (Lipinski definition) is 1. The molecule has 17 heavy (non-hydrogen) atoms. The van der Waals surface area contributed by atoms with Gasteiger partial charge in [0.1, 0.15) is 5.69 Å². The Labute approximate surface area is 102 Å². The number of rotatable bonds is 8. The Balaban J connectivity index is 2.59. The molecule has 0 saturated carbocycles. The van der Waals surface area contributed by atoms with Gasteiger partial charge in [0.25, 0.3) is 0 Å². The highest BCUT2D eigenvalue weighted by atomic mass is 16.5. The van der Waals surface area contributed by atoms with Gasteiger partial charge < -0.3 is 14.7 Å². The molecule has 1 aromatic rings. The molecule has 0 aromatic carbocycles. The molecule has 0 amide bonds. The van der Waals surface area contributed by atoms with E-state index in [1.54, 1.807) is 7.11 Å². The van der Waals surface area contributed by atoms with Crippen LogP contribution in [-0.2, 0) is 24.3 Å². The largest absolute Gasteiger partial charge is 0.390 e. The fraction of sp³-hybridized carbons (Fsp3) is 0.818. The van der Waals surface area contributed by atoms with Crippen LogP contribution in [0.15, 0.2) is 0 Å². The first-order chi connectivity index (χ1) is 8.19. The Hall–Kier alpha value is -0.980. The van der Waals surface area contributed by atoms with E-state index in [4.69, 9.17) is 4.74 Å². The summed E-state index contributed by atoms with van der Waals surface area (Å²) in [5.74, 6) is 0. The Morgan fingerprint density at radius 2 is 2.18 bits per heavy atom. The third kappa shape index (κ3) is 4.41. The second-order valence-corrected chi connectivity index (χ2v) is 4.26. The fourth-order valence-electron chi connectivity index (χ4n) is 1.68. The molecule has 6 heteroatoms. The van der Waals surface area contributed by atoms with E-state index in [-0.39, 0.29) is 6.61 Å². The van der Waals surface area contributed by atoms with Crippen molar-refractivity contribution in [1.29, 1.82) is 0 Å². The molecule has 0 radical (unpaired) electrons. The Morgan fingerprint density at radius 1 is 1.41 bits per heavy atom. The lowest BCUT2D eigenvalue weighted by molar-refractivity contribution is 0.198. The average molecular weight is 242 g/mol. The summed E-state index contributed by atoms with van der Waals surface area (Å²) in [6, 6.07) is 0. The molecule has 0 unspecified atom stereocenters. The number of aliphatic hydroxyl groups is 1. The van der Waals surface area contributed by atoms with Gasteiger partial charge in [-0.3, -0.25) is 0 Å². The standard InChI is InChI=1S/C11H22N4O2/c1-14(2)6-4-7-15-11(5-8-17-3)10(9-16)12-13-15/h16H,4-9H2,1-3H3. The van der Waals surface area contributed by atoms with Crippen molar-refractivity contribution < 1.29 is 9.84 Å². The molecule has 6 nitrogen and oxygen atoms in total. The van der Waals surface area contributed by atoms with E-state index in [1.807, 2.05) is 18.8 Å². The van der Waals surface area contributed by atoms with Crippen LogP contribution in [0.5, 0.6) is 0 Å². The number of methoxy groups -OCH3 is 1. The second kappa shape index (κ2) is 7.37. The van der Waals surface area contributed by atoms with Gasteiger partial charge in [0, 0.05) is 20.1 Å². The van der Waals surface area contributed by atoms with Crippen molar-refractivity contribution in [3.8, 4) is 0 Å². The molecule has 0 aliphatic heterocycles. The quantitative estimate of drug-likeness (QED) is 0.690. The lowest BCUT2D eigenvalue weighted by Crippen LogP contribution is -2.17. The van der Waals surface area contributed by atoms with Gasteiger partial charge >= 0.3 is 0 Å². The zero-order valence-electron chi connectivity index (χ0n) is 10.9. The number of aryl methyl sites for hydroxylation is 1. The summed E-state index contributed by atoms with van der Waals surface area (Å²) in [5.41, 5.74) is 1.64. The van der Waals surface area contributed by atoms with Gasteiger partial charge in [-0.15, -0.1) is 5.10 Å². The lowest BCUT2D eigenvalue weighted by atomic mass is 10.2. The lowest BCUT2D eigenvalue weighted by Gasteiger charge is -2.10. The van der Waals surface area contributed by atoms with Crippen molar-refractivity contribution in [3.05, 3.63) is 11.4 Å². The smallest absolute Gasteiger partial charge is 0.111 e. The molecule has 0 spiro atoms. The van der Waals surface area contributed by atoms with Crippen molar-refractivity contribution in [2.75, 3.05) is 34.4 Å². The molecule has 98 valence electrons. The van der Waals surface area contributed by atoms with Crippen LogP contribution in [0, 0.1) is 0 Å². The van der Waals surface area contributed by atoms with Crippen LogP contribution in [0.2, 0.25) is 0 Å². The summed E-state index contributed by atoms with van der Waals surface area (Å²) in [6.07, 6.45) is 1.75. The van der Waals surface area contributed by atoms with E-state index in [0.29, 0.717) is 12.3 Å². The van der Waals surface area contributed by atoms with Crippen LogP contribution in [0.1, 0.15) is 17.8 Å². The predicted octanol–water partition coefficient (Wildman–Crippen LogP) is -0.0890.